The van der Waals surface area contributed by atoms with Gasteiger partial charge in [-0.05, 0) is 39.0 Å². The summed E-state index contributed by atoms with van der Waals surface area (Å²) in [6.07, 6.45) is 6.87. The topological polar surface area (TPSA) is 34.9 Å². The van der Waals surface area contributed by atoms with Crippen molar-refractivity contribution in [2.24, 2.45) is 0 Å². The van der Waals surface area contributed by atoms with E-state index in [0.29, 0.717) is 17.7 Å². The van der Waals surface area contributed by atoms with Gasteiger partial charge in [-0.2, -0.15) is 0 Å². The van der Waals surface area contributed by atoms with Crippen LogP contribution >= 0.6 is 0 Å². The molecule has 2 heterocycles. The van der Waals surface area contributed by atoms with Gasteiger partial charge in [-0.3, -0.25) is 4.79 Å². The van der Waals surface area contributed by atoms with E-state index in [9.17, 15) is 4.79 Å². The van der Waals surface area contributed by atoms with Crippen LogP contribution in [0.4, 0.5) is 0 Å². The lowest BCUT2D eigenvalue weighted by atomic mass is 10.0. The molecule has 1 aliphatic heterocycles. The number of hydrogen-bond donors (Lipinski definition) is 0. The highest BCUT2D eigenvalue weighted by atomic mass is 16.1. The Labute approximate surface area is 89.5 Å². The third kappa shape index (κ3) is 1.33. The van der Waals surface area contributed by atoms with Gasteiger partial charge >= 0.3 is 0 Å². The maximum absolute atomic E-state index is 11.0. The minimum Gasteiger partial charge on any atom is -0.328 e. The quantitative estimate of drug-likeness (QED) is 0.694. The molecule has 15 heavy (non-hydrogen) atoms. The van der Waals surface area contributed by atoms with E-state index in [0.717, 1.165) is 12.7 Å². The zero-order chi connectivity index (χ0) is 10.4. The molecule has 0 radical (unpaired) electrons. The van der Waals surface area contributed by atoms with Crippen molar-refractivity contribution in [3.8, 4) is 0 Å². The summed E-state index contributed by atoms with van der Waals surface area (Å²) in [7, 11) is 0. The van der Waals surface area contributed by atoms with Crippen molar-refractivity contribution in [1.82, 2.24) is 9.55 Å². The molecule has 0 saturated heterocycles. The summed E-state index contributed by atoms with van der Waals surface area (Å²) in [6.45, 7) is 2.24. The molecule has 1 aromatic rings. The first-order valence-electron chi connectivity index (χ1n) is 5.87. The molecule has 1 aliphatic carbocycles. The summed E-state index contributed by atoms with van der Waals surface area (Å²) < 4.78 is 2.34. The smallest absolute Gasteiger partial charge is 0.170 e. The summed E-state index contributed by atoms with van der Waals surface area (Å²) >= 11 is 0. The highest BCUT2D eigenvalue weighted by Gasteiger charge is 2.33. The van der Waals surface area contributed by atoms with Gasteiger partial charge in [0, 0.05) is 17.7 Å². The fourth-order valence-corrected chi connectivity index (χ4v) is 2.66. The summed E-state index contributed by atoms with van der Waals surface area (Å²) in [4.78, 5) is 15.5. The predicted molar refractivity (Wildman–Crippen MR) is 57.2 cm³/mol. The van der Waals surface area contributed by atoms with Gasteiger partial charge in [-0.1, -0.05) is 0 Å². The summed E-state index contributed by atoms with van der Waals surface area (Å²) in [6, 6.07) is 0.533. The predicted octanol–water partition coefficient (Wildman–Crippen LogP) is 2.47. The van der Waals surface area contributed by atoms with Gasteiger partial charge in [-0.25, -0.2) is 4.98 Å². The Morgan fingerprint density at radius 1 is 1.40 bits per heavy atom. The molecular weight excluding hydrogens is 188 g/mol. The van der Waals surface area contributed by atoms with Crippen molar-refractivity contribution in [2.75, 3.05) is 0 Å². The van der Waals surface area contributed by atoms with E-state index >= 15 is 0 Å². The van der Waals surface area contributed by atoms with Crippen LogP contribution in [0.15, 0.2) is 0 Å². The molecule has 2 aliphatic rings. The summed E-state index contributed by atoms with van der Waals surface area (Å²) in [5.74, 6) is 1.82. The number of carbonyl (C=O) groups excluding carboxylic acids is 1. The number of aldehydes is 1. The maximum atomic E-state index is 11.0. The molecular formula is C12H16N2O. The first kappa shape index (κ1) is 9.13. The average molecular weight is 204 g/mol. The number of fused-ring (bicyclic) bond motifs is 1. The van der Waals surface area contributed by atoms with Crippen LogP contribution in [0.3, 0.4) is 0 Å². The van der Waals surface area contributed by atoms with E-state index in [2.05, 4.69) is 16.5 Å². The van der Waals surface area contributed by atoms with E-state index < -0.39 is 0 Å². The molecule has 0 spiro atoms. The lowest BCUT2D eigenvalue weighted by molar-refractivity contribution is 0.111. The highest BCUT2D eigenvalue weighted by Crippen LogP contribution is 2.42. The van der Waals surface area contributed by atoms with Gasteiger partial charge in [-0.15, -0.1) is 0 Å². The van der Waals surface area contributed by atoms with Gasteiger partial charge in [0.25, 0.3) is 0 Å². The Morgan fingerprint density at radius 3 is 2.87 bits per heavy atom. The second kappa shape index (κ2) is 3.19. The molecule has 0 aromatic carbocycles. The first-order chi connectivity index (χ1) is 7.31. The van der Waals surface area contributed by atoms with Crippen LogP contribution in [-0.4, -0.2) is 15.8 Å². The Balaban J connectivity index is 2.14. The highest BCUT2D eigenvalue weighted by molar-refractivity contribution is 5.74. The number of aromatic nitrogens is 2. The second-order valence-electron chi connectivity index (χ2n) is 4.81. The van der Waals surface area contributed by atoms with Crippen LogP contribution in [0.5, 0.6) is 0 Å². The second-order valence-corrected chi connectivity index (χ2v) is 4.81. The van der Waals surface area contributed by atoms with Crippen LogP contribution in [0, 0.1) is 0 Å². The maximum Gasteiger partial charge on any atom is 0.170 e. The van der Waals surface area contributed by atoms with Gasteiger partial charge in [0.2, 0.25) is 0 Å². The average Bonchev–Trinajstić information content (AvgIpc) is 3.00. The molecule has 1 saturated carbocycles. The van der Waals surface area contributed by atoms with Crippen LogP contribution in [0.25, 0.3) is 0 Å². The summed E-state index contributed by atoms with van der Waals surface area (Å²) in [5, 5.41) is 0. The number of carbonyl (C=O) groups is 1. The molecule has 0 N–H and O–H groups in total. The Morgan fingerprint density at radius 2 is 2.20 bits per heavy atom. The minimum absolute atomic E-state index is 0.533. The van der Waals surface area contributed by atoms with E-state index in [1.54, 1.807) is 0 Å². The Hall–Kier alpha value is -1.12. The molecule has 1 fully saturated rings. The molecule has 1 aromatic heterocycles. The van der Waals surface area contributed by atoms with E-state index in [4.69, 9.17) is 0 Å². The van der Waals surface area contributed by atoms with Crippen molar-refractivity contribution >= 4 is 6.29 Å². The molecule has 80 valence electrons. The van der Waals surface area contributed by atoms with Crippen molar-refractivity contribution in [3.63, 3.8) is 0 Å². The fourth-order valence-electron chi connectivity index (χ4n) is 2.66. The van der Waals surface area contributed by atoms with Crippen molar-refractivity contribution in [3.05, 3.63) is 17.2 Å². The molecule has 1 unspecified atom stereocenters. The van der Waals surface area contributed by atoms with Crippen molar-refractivity contribution in [2.45, 2.75) is 51.0 Å². The van der Waals surface area contributed by atoms with Crippen LogP contribution in [0.1, 0.15) is 66.6 Å². The van der Waals surface area contributed by atoms with Gasteiger partial charge in [0.05, 0.1) is 0 Å². The third-order valence-corrected chi connectivity index (χ3v) is 3.60. The molecule has 0 bridgehead atoms. The molecule has 3 rings (SSSR count). The zero-order valence-electron chi connectivity index (χ0n) is 9.07. The Kier molecular flexibility index (Phi) is 1.94. The number of nitrogens with zero attached hydrogens (tertiary/aromatic N) is 2. The standard InChI is InChI=1S/C12H16N2O/c1-8-3-2-4-11-10(7-15)13-12(14(8)11)9-5-6-9/h7-9H,2-6H2,1H3. The lowest BCUT2D eigenvalue weighted by Gasteiger charge is -2.24. The molecule has 0 amide bonds. The van der Waals surface area contributed by atoms with Crippen molar-refractivity contribution < 1.29 is 4.79 Å². The Bertz CT molecular complexity index is 404. The minimum atomic E-state index is 0.533. The number of rotatable bonds is 2. The summed E-state index contributed by atoms with van der Waals surface area (Å²) in [5.41, 5.74) is 1.88. The van der Waals surface area contributed by atoms with Gasteiger partial charge in [0.1, 0.15) is 11.5 Å². The first-order valence-corrected chi connectivity index (χ1v) is 5.87. The van der Waals surface area contributed by atoms with Gasteiger partial charge in [0.15, 0.2) is 6.29 Å². The SMILES string of the molecule is CC1CCCc2c(C=O)nc(C3CC3)n21. The molecule has 3 heteroatoms. The fraction of sp³-hybridized carbons (Fsp3) is 0.667. The van der Waals surface area contributed by atoms with Crippen molar-refractivity contribution in [1.29, 1.82) is 0 Å². The normalized spacial score (nSPS) is 25.0. The third-order valence-electron chi connectivity index (χ3n) is 3.60. The van der Waals surface area contributed by atoms with E-state index in [-0.39, 0.29) is 0 Å². The van der Waals surface area contributed by atoms with E-state index in [1.807, 2.05) is 0 Å². The van der Waals surface area contributed by atoms with Crippen LogP contribution in [0.2, 0.25) is 0 Å². The largest absolute Gasteiger partial charge is 0.328 e. The monoisotopic (exact) mass is 204 g/mol. The zero-order valence-corrected chi connectivity index (χ0v) is 9.07. The molecule has 1 atom stereocenters. The molecule has 3 nitrogen and oxygen atoms in total. The van der Waals surface area contributed by atoms with Crippen LogP contribution in [-0.2, 0) is 6.42 Å². The van der Waals surface area contributed by atoms with Gasteiger partial charge < -0.3 is 4.57 Å². The lowest BCUT2D eigenvalue weighted by Crippen LogP contribution is -2.17. The van der Waals surface area contributed by atoms with E-state index in [1.165, 1.54) is 37.2 Å². The van der Waals surface area contributed by atoms with Crippen LogP contribution < -0.4 is 0 Å². The number of imidazole rings is 1. The number of hydrogen-bond acceptors (Lipinski definition) is 2.